The first-order valence-electron chi connectivity index (χ1n) is 10.1. The topological polar surface area (TPSA) is 95.9 Å². The molecule has 0 saturated carbocycles. The number of sulfonamides is 1. The Morgan fingerprint density at radius 1 is 1.12 bits per heavy atom. The largest absolute Gasteiger partial charge is 0.495 e. The van der Waals surface area contributed by atoms with Crippen LogP contribution in [0.5, 0.6) is 5.75 Å². The molecule has 0 atom stereocenters. The Balaban J connectivity index is 2.07. The molecule has 2 N–H and O–H groups in total. The minimum Gasteiger partial charge on any atom is -0.495 e. The van der Waals surface area contributed by atoms with Crippen molar-refractivity contribution in [1.82, 2.24) is 0 Å². The number of hydrogen-bond acceptors (Lipinski definition) is 5. The van der Waals surface area contributed by atoms with E-state index < -0.39 is 27.7 Å². The van der Waals surface area contributed by atoms with Gasteiger partial charge in [-0.25, -0.2) is 13.2 Å². The smallest absolute Gasteiger partial charge is 0.416 e. The number of piperidine rings is 1. The zero-order valence-corrected chi connectivity index (χ0v) is 18.5. The zero-order chi connectivity index (χ0) is 24.2. The molecule has 3 rings (SSSR count). The zero-order valence-electron chi connectivity index (χ0n) is 17.7. The van der Waals surface area contributed by atoms with E-state index in [0.29, 0.717) is 18.8 Å². The summed E-state index contributed by atoms with van der Waals surface area (Å²) in [7, 11) is -3.14. The number of alkyl halides is 3. The van der Waals surface area contributed by atoms with E-state index in [-0.39, 0.29) is 21.9 Å². The number of rotatable bonds is 7. The molecule has 1 fully saturated rings. The molecule has 0 unspecified atom stereocenters. The number of halogens is 3. The second-order valence-electron chi connectivity index (χ2n) is 7.46. The van der Waals surface area contributed by atoms with Gasteiger partial charge in [-0.15, -0.1) is 0 Å². The normalized spacial score (nSPS) is 15.0. The van der Waals surface area contributed by atoms with Gasteiger partial charge in [0.05, 0.1) is 24.0 Å². The number of carboxylic acid groups (broad SMARTS) is 1. The van der Waals surface area contributed by atoms with Gasteiger partial charge in [0.2, 0.25) is 0 Å². The number of hydrogen-bond donors (Lipinski definition) is 2. The lowest BCUT2D eigenvalue weighted by molar-refractivity contribution is -0.137. The SMILES string of the molecule is COc1ccc(C=CC(=O)O)cc1S(=O)(=O)Nc1cc(C(F)(F)F)ccc1N1CCCCC1. The average molecular weight is 484 g/mol. The van der Waals surface area contributed by atoms with Crippen molar-refractivity contribution in [3.8, 4) is 5.75 Å². The first-order chi connectivity index (χ1) is 15.5. The molecule has 0 aliphatic carbocycles. The van der Waals surface area contributed by atoms with Crippen LogP contribution in [-0.2, 0) is 21.0 Å². The number of benzene rings is 2. The summed E-state index contributed by atoms with van der Waals surface area (Å²) in [6.45, 7) is 1.19. The third-order valence-electron chi connectivity index (χ3n) is 5.16. The Kier molecular flexibility index (Phi) is 7.21. The summed E-state index contributed by atoms with van der Waals surface area (Å²) in [6, 6.07) is 6.97. The molecule has 0 aromatic heterocycles. The number of aliphatic carboxylic acids is 1. The molecule has 2 aromatic carbocycles. The summed E-state index contributed by atoms with van der Waals surface area (Å²) in [5.41, 5.74) is -0.558. The summed E-state index contributed by atoms with van der Waals surface area (Å²) in [5, 5.41) is 8.81. The second-order valence-corrected chi connectivity index (χ2v) is 9.12. The van der Waals surface area contributed by atoms with Gasteiger partial charge in [-0.2, -0.15) is 13.2 Å². The third kappa shape index (κ3) is 5.98. The Morgan fingerprint density at radius 3 is 2.42 bits per heavy atom. The molecular formula is C22H23F3N2O5S. The Morgan fingerprint density at radius 2 is 1.82 bits per heavy atom. The number of carboxylic acids is 1. The van der Waals surface area contributed by atoms with E-state index in [2.05, 4.69) is 4.72 Å². The predicted molar refractivity (Wildman–Crippen MR) is 118 cm³/mol. The van der Waals surface area contributed by atoms with Crippen molar-refractivity contribution >= 4 is 33.4 Å². The van der Waals surface area contributed by atoms with Crippen LogP contribution in [0.4, 0.5) is 24.5 Å². The lowest BCUT2D eigenvalue weighted by Crippen LogP contribution is -2.30. The van der Waals surface area contributed by atoms with Gasteiger partial charge in [-0.3, -0.25) is 4.72 Å². The van der Waals surface area contributed by atoms with Crippen LogP contribution in [0.15, 0.2) is 47.4 Å². The monoisotopic (exact) mass is 484 g/mol. The minimum atomic E-state index is -4.65. The van der Waals surface area contributed by atoms with Gasteiger partial charge in [-0.1, -0.05) is 6.07 Å². The maximum atomic E-state index is 13.4. The predicted octanol–water partition coefficient (Wildman–Crippen LogP) is 4.60. The first-order valence-corrected chi connectivity index (χ1v) is 11.6. The van der Waals surface area contributed by atoms with Gasteiger partial charge in [-0.05, 0) is 61.2 Å². The Bertz CT molecular complexity index is 1160. The summed E-state index contributed by atoms with van der Waals surface area (Å²) < 4.78 is 73.9. The summed E-state index contributed by atoms with van der Waals surface area (Å²) in [6.07, 6.45) is 0.0705. The Hall–Kier alpha value is -3.21. The number of carbonyl (C=O) groups is 1. The highest BCUT2D eigenvalue weighted by Crippen LogP contribution is 2.38. The lowest BCUT2D eigenvalue weighted by Gasteiger charge is -2.31. The lowest BCUT2D eigenvalue weighted by atomic mass is 10.1. The van der Waals surface area contributed by atoms with E-state index in [1.807, 2.05) is 4.90 Å². The quantitative estimate of drug-likeness (QED) is 0.558. The van der Waals surface area contributed by atoms with Crippen LogP contribution in [0.3, 0.4) is 0 Å². The molecule has 1 heterocycles. The van der Waals surface area contributed by atoms with Gasteiger partial charge in [0.1, 0.15) is 10.6 Å². The van der Waals surface area contributed by atoms with E-state index in [4.69, 9.17) is 9.84 Å². The molecular weight excluding hydrogens is 461 g/mol. The standard InChI is InChI=1S/C22H23F3N2O5S/c1-32-19-9-5-15(6-10-21(28)29)13-20(19)33(30,31)26-17-14-16(22(23,24)25)7-8-18(17)27-11-3-2-4-12-27/h5-10,13-14,26H,2-4,11-12H2,1H3,(H,28,29). The molecule has 33 heavy (non-hydrogen) atoms. The fourth-order valence-electron chi connectivity index (χ4n) is 3.58. The summed E-state index contributed by atoms with van der Waals surface area (Å²) >= 11 is 0. The fourth-order valence-corrected chi connectivity index (χ4v) is 4.85. The van der Waals surface area contributed by atoms with Crippen molar-refractivity contribution < 1.29 is 36.2 Å². The van der Waals surface area contributed by atoms with E-state index >= 15 is 0 Å². The van der Waals surface area contributed by atoms with E-state index in [9.17, 15) is 26.4 Å². The number of ether oxygens (including phenoxy) is 1. The molecule has 0 spiro atoms. The second kappa shape index (κ2) is 9.74. The highest BCUT2D eigenvalue weighted by Gasteiger charge is 2.32. The first kappa shape index (κ1) is 24.4. The minimum absolute atomic E-state index is 0.0403. The van der Waals surface area contributed by atoms with E-state index in [0.717, 1.165) is 37.5 Å². The van der Waals surface area contributed by atoms with Gasteiger partial charge in [0, 0.05) is 19.2 Å². The highest BCUT2D eigenvalue weighted by molar-refractivity contribution is 7.92. The molecule has 0 bridgehead atoms. The highest BCUT2D eigenvalue weighted by atomic mass is 32.2. The van der Waals surface area contributed by atoms with Crippen LogP contribution >= 0.6 is 0 Å². The van der Waals surface area contributed by atoms with Crippen LogP contribution in [0, 0.1) is 0 Å². The van der Waals surface area contributed by atoms with Crippen molar-refractivity contribution in [2.24, 2.45) is 0 Å². The van der Waals surface area contributed by atoms with Crippen LogP contribution < -0.4 is 14.4 Å². The maximum Gasteiger partial charge on any atom is 0.416 e. The summed E-state index contributed by atoms with van der Waals surface area (Å²) in [5.74, 6) is -1.26. The van der Waals surface area contributed by atoms with Gasteiger partial charge < -0.3 is 14.7 Å². The van der Waals surface area contributed by atoms with Gasteiger partial charge in [0.25, 0.3) is 10.0 Å². The van der Waals surface area contributed by atoms with Crippen molar-refractivity contribution in [3.05, 3.63) is 53.6 Å². The third-order valence-corrected chi connectivity index (χ3v) is 6.55. The molecule has 2 aromatic rings. The van der Waals surface area contributed by atoms with E-state index in [1.165, 1.54) is 37.5 Å². The number of anilines is 2. The van der Waals surface area contributed by atoms with Crippen LogP contribution in [0.1, 0.15) is 30.4 Å². The molecule has 0 radical (unpaired) electrons. The summed E-state index contributed by atoms with van der Waals surface area (Å²) in [4.78, 5) is 12.3. The molecule has 1 saturated heterocycles. The van der Waals surface area contributed by atoms with Crippen molar-refractivity contribution in [2.45, 2.75) is 30.3 Å². The van der Waals surface area contributed by atoms with Gasteiger partial charge >= 0.3 is 12.1 Å². The molecule has 1 aliphatic heterocycles. The molecule has 11 heteroatoms. The molecule has 178 valence electrons. The number of nitrogens with zero attached hydrogens (tertiary/aromatic N) is 1. The van der Waals surface area contributed by atoms with Crippen LogP contribution in [0.25, 0.3) is 6.08 Å². The fraction of sp³-hybridized carbons (Fsp3) is 0.318. The van der Waals surface area contributed by atoms with Crippen molar-refractivity contribution in [3.63, 3.8) is 0 Å². The number of methoxy groups -OCH3 is 1. The Labute approximate surface area is 189 Å². The molecule has 1 aliphatic rings. The van der Waals surface area contributed by atoms with E-state index in [1.54, 1.807) is 0 Å². The number of nitrogens with one attached hydrogen (secondary N) is 1. The molecule has 7 nitrogen and oxygen atoms in total. The van der Waals surface area contributed by atoms with Crippen molar-refractivity contribution in [1.29, 1.82) is 0 Å². The maximum absolute atomic E-state index is 13.4. The van der Waals surface area contributed by atoms with Crippen molar-refractivity contribution in [2.75, 3.05) is 29.8 Å². The average Bonchev–Trinajstić information content (AvgIpc) is 2.77. The van der Waals surface area contributed by atoms with Crippen LogP contribution in [0.2, 0.25) is 0 Å². The van der Waals surface area contributed by atoms with Gasteiger partial charge in [0.15, 0.2) is 0 Å². The molecule has 0 amide bonds. The van der Waals surface area contributed by atoms with Crippen LogP contribution in [-0.4, -0.2) is 39.7 Å².